The minimum absolute atomic E-state index is 0.181. The number of hydrazone groups is 1. The van der Waals surface area contributed by atoms with Crippen molar-refractivity contribution in [3.63, 3.8) is 0 Å². The highest BCUT2D eigenvalue weighted by atomic mass is 16.7. The molecule has 1 aliphatic heterocycles. The monoisotopic (exact) mass is 338 g/mol. The van der Waals surface area contributed by atoms with Crippen LogP contribution in [0.2, 0.25) is 0 Å². The average Bonchev–Trinajstić information content (AvgIpc) is 3.05. The Kier molecular flexibility index (Phi) is 5.03. The lowest BCUT2D eigenvalue weighted by Crippen LogP contribution is -2.18. The van der Waals surface area contributed by atoms with Gasteiger partial charge in [-0.1, -0.05) is 19.1 Å². The summed E-state index contributed by atoms with van der Waals surface area (Å²) in [5.74, 6) is 1.55. The molecule has 0 aliphatic carbocycles. The van der Waals surface area contributed by atoms with Crippen molar-refractivity contribution in [2.45, 2.75) is 27.2 Å². The number of amides is 1. The predicted molar refractivity (Wildman–Crippen MR) is 97.3 cm³/mol. The molecule has 5 nitrogen and oxygen atoms in total. The highest BCUT2D eigenvalue weighted by Gasteiger charge is 2.14. The highest BCUT2D eigenvalue weighted by molar-refractivity contribution is 5.94. The molecule has 0 saturated heterocycles. The number of hydrogen-bond donors (Lipinski definition) is 1. The average molecular weight is 338 g/mol. The molecule has 1 atom stereocenters. The molecule has 130 valence electrons. The van der Waals surface area contributed by atoms with Crippen molar-refractivity contribution in [3.05, 3.63) is 58.7 Å². The van der Waals surface area contributed by atoms with E-state index in [0.29, 0.717) is 5.56 Å². The van der Waals surface area contributed by atoms with Crippen LogP contribution >= 0.6 is 0 Å². The first-order valence-electron chi connectivity index (χ1n) is 8.32. The van der Waals surface area contributed by atoms with Crippen LogP contribution in [0.3, 0.4) is 0 Å². The van der Waals surface area contributed by atoms with E-state index in [1.54, 1.807) is 6.21 Å². The highest BCUT2D eigenvalue weighted by Crippen LogP contribution is 2.32. The maximum atomic E-state index is 12.1. The number of fused-ring (bicyclic) bond motifs is 1. The van der Waals surface area contributed by atoms with E-state index < -0.39 is 0 Å². The predicted octanol–water partition coefficient (Wildman–Crippen LogP) is 3.63. The fourth-order valence-electron chi connectivity index (χ4n) is 2.66. The fourth-order valence-corrected chi connectivity index (χ4v) is 2.66. The lowest BCUT2D eigenvalue weighted by Gasteiger charge is -2.07. The molecule has 2 aromatic rings. The van der Waals surface area contributed by atoms with E-state index in [1.807, 2.05) is 50.2 Å². The third-order valence-corrected chi connectivity index (χ3v) is 4.26. The van der Waals surface area contributed by atoms with Crippen molar-refractivity contribution in [2.75, 3.05) is 6.79 Å². The van der Waals surface area contributed by atoms with Gasteiger partial charge < -0.3 is 9.47 Å². The summed E-state index contributed by atoms with van der Waals surface area (Å²) >= 11 is 0. The Morgan fingerprint density at radius 1 is 1.16 bits per heavy atom. The molecular weight excluding hydrogens is 316 g/mol. The van der Waals surface area contributed by atoms with Crippen LogP contribution in [0, 0.1) is 19.8 Å². The van der Waals surface area contributed by atoms with Gasteiger partial charge in [-0.05, 0) is 67.1 Å². The zero-order valence-electron chi connectivity index (χ0n) is 14.7. The second-order valence-corrected chi connectivity index (χ2v) is 6.39. The molecular formula is C20H22N2O3. The zero-order valence-corrected chi connectivity index (χ0v) is 14.7. The standard InChI is InChI=1S/C20H22N2O3/c1-13(8-16-5-7-18-19(10-16)25-12-24-18)11-21-22-20(23)17-6-4-14(2)15(3)9-17/h4-7,9-11,13H,8,12H2,1-3H3,(H,22,23)/b21-11-/t13-/m0/s1. The Labute approximate surface area is 147 Å². The number of hydrogen-bond acceptors (Lipinski definition) is 4. The maximum Gasteiger partial charge on any atom is 0.271 e. The van der Waals surface area contributed by atoms with Gasteiger partial charge in [0.05, 0.1) is 0 Å². The summed E-state index contributed by atoms with van der Waals surface area (Å²) in [5.41, 5.74) is 6.60. The van der Waals surface area contributed by atoms with Gasteiger partial charge in [0.25, 0.3) is 5.91 Å². The molecule has 0 fully saturated rings. The summed E-state index contributed by atoms with van der Waals surface area (Å²) in [6.07, 6.45) is 2.56. The van der Waals surface area contributed by atoms with E-state index >= 15 is 0 Å². The largest absolute Gasteiger partial charge is 0.454 e. The van der Waals surface area contributed by atoms with E-state index in [2.05, 4.69) is 17.5 Å². The summed E-state index contributed by atoms with van der Waals surface area (Å²) in [5, 5.41) is 4.09. The van der Waals surface area contributed by atoms with Crippen LogP contribution < -0.4 is 14.9 Å². The molecule has 1 amide bonds. The molecule has 1 aliphatic rings. The van der Waals surface area contributed by atoms with E-state index in [0.717, 1.165) is 34.6 Å². The summed E-state index contributed by atoms with van der Waals surface area (Å²) in [6.45, 7) is 6.34. The SMILES string of the molecule is Cc1ccc(C(=O)N/N=C\[C@@H](C)Cc2ccc3c(c2)OCO3)cc1C. The lowest BCUT2D eigenvalue weighted by molar-refractivity contribution is 0.0955. The quantitative estimate of drug-likeness (QED) is 0.669. The molecule has 0 spiro atoms. The van der Waals surface area contributed by atoms with Gasteiger partial charge in [-0.3, -0.25) is 4.79 Å². The van der Waals surface area contributed by atoms with Crippen molar-refractivity contribution in [3.8, 4) is 11.5 Å². The molecule has 0 saturated carbocycles. The summed E-state index contributed by atoms with van der Waals surface area (Å²) in [6, 6.07) is 11.5. The van der Waals surface area contributed by atoms with Crippen molar-refractivity contribution >= 4 is 12.1 Å². The van der Waals surface area contributed by atoms with Gasteiger partial charge in [-0.15, -0.1) is 0 Å². The first-order chi connectivity index (χ1) is 12.0. The third-order valence-electron chi connectivity index (χ3n) is 4.26. The van der Waals surface area contributed by atoms with Gasteiger partial charge in [-0.25, -0.2) is 5.43 Å². The van der Waals surface area contributed by atoms with Gasteiger partial charge in [0.2, 0.25) is 6.79 Å². The van der Waals surface area contributed by atoms with Crippen LogP contribution in [0.15, 0.2) is 41.5 Å². The molecule has 1 N–H and O–H groups in total. The van der Waals surface area contributed by atoms with Crippen LogP contribution in [-0.4, -0.2) is 18.9 Å². The summed E-state index contributed by atoms with van der Waals surface area (Å²) in [7, 11) is 0. The van der Waals surface area contributed by atoms with Crippen molar-refractivity contribution in [1.82, 2.24) is 5.43 Å². The number of ether oxygens (including phenoxy) is 2. The minimum atomic E-state index is -0.199. The smallest absolute Gasteiger partial charge is 0.271 e. The summed E-state index contributed by atoms with van der Waals surface area (Å²) in [4.78, 5) is 12.1. The van der Waals surface area contributed by atoms with Crippen molar-refractivity contribution in [1.29, 1.82) is 0 Å². The van der Waals surface area contributed by atoms with Crippen LogP contribution in [0.4, 0.5) is 0 Å². The van der Waals surface area contributed by atoms with Gasteiger partial charge in [0.15, 0.2) is 11.5 Å². The van der Waals surface area contributed by atoms with Gasteiger partial charge >= 0.3 is 0 Å². The topological polar surface area (TPSA) is 59.9 Å². The Balaban J connectivity index is 1.54. The normalized spacial score (nSPS) is 13.9. The lowest BCUT2D eigenvalue weighted by atomic mass is 10.0. The first-order valence-corrected chi connectivity index (χ1v) is 8.32. The summed E-state index contributed by atoms with van der Waals surface area (Å²) < 4.78 is 10.7. The molecule has 1 heterocycles. The number of aryl methyl sites for hydroxylation is 2. The van der Waals surface area contributed by atoms with Gasteiger partial charge in [0.1, 0.15) is 0 Å². The molecule has 0 radical (unpaired) electrons. The van der Waals surface area contributed by atoms with Crippen molar-refractivity contribution < 1.29 is 14.3 Å². The van der Waals surface area contributed by atoms with E-state index in [-0.39, 0.29) is 18.6 Å². The van der Waals surface area contributed by atoms with Crippen LogP contribution in [0.5, 0.6) is 11.5 Å². The van der Waals surface area contributed by atoms with Crippen molar-refractivity contribution in [2.24, 2.45) is 11.0 Å². The number of carbonyl (C=O) groups is 1. The van der Waals surface area contributed by atoms with Crippen LogP contribution in [0.1, 0.15) is 34.0 Å². The van der Waals surface area contributed by atoms with Crippen LogP contribution in [0.25, 0.3) is 0 Å². The molecule has 0 aromatic heterocycles. The second-order valence-electron chi connectivity index (χ2n) is 6.39. The molecule has 25 heavy (non-hydrogen) atoms. The Hall–Kier alpha value is -2.82. The molecule has 0 unspecified atom stereocenters. The Morgan fingerprint density at radius 3 is 2.76 bits per heavy atom. The number of benzene rings is 2. The second kappa shape index (κ2) is 7.38. The van der Waals surface area contributed by atoms with Gasteiger partial charge in [-0.2, -0.15) is 5.10 Å². The molecule has 2 aromatic carbocycles. The third kappa shape index (κ3) is 4.18. The fraction of sp³-hybridized carbons (Fsp3) is 0.300. The number of carbonyl (C=O) groups excluding carboxylic acids is 1. The van der Waals surface area contributed by atoms with Crippen LogP contribution in [-0.2, 0) is 6.42 Å². The number of nitrogens with zero attached hydrogens (tertiary/aromatic N) is 1. The van der Waals surface area contributed by atoms with E-state index in [1.165, 1.54) is 0 Å². The van der Waals surface area contributed by atoms with Gasteiger partial charge in [0, 0.05) is 11.8 Å². The minimum Gasteiger partial charge on any atom is -0.454 e. The Morgan fingerprint density at radius 2 is 1.96 bits per heavy atom. The molecule has 3 rings (SSSR count). The number of rotatable bonds is 5. The molecule has 5 heteroatoms. The molecule has 0 bridgehead atoms. The first kappa shape index (κ1) is 17.0. The van der Waals surface area contributed by atoms with E-state index in [9.17, 15) is 4.79 Å². The zero-order chi connectivity index (χ0) is 17.8. The van der Waals surface area contributed by atoms with E-state index in [4.69, 9.17) is 9.47 Å². The number of nitrogens with one attached hydrogen (secondary N) is 1. The Bertz CT molecular complexity index is 815. The maximum absolute atomic E-state index is 12.1.